The fourth-order valence-corrected chi connectivity index (χ4v) is 12.1. The topological polar surface area (TPSA) is 87.2 Å². The highest BCUT2D eigenvalue weighted by Gasteiger charge is 2.18. The summed E-state index contributed by atoms with van der Waals surface area (Å²) in [5.74, 6) is 1.44. The molecule has 0 aliphatic heterocycles. The third-order valence-corrected chi connectivity index (χ3v) is 16.3. The van der Waals surface area contributed by atoms with Gasteiger partial charge in [-0.05, 0) is 136 Å². The Labute approximate surface area is 496 Å². The highest BCUT2D eigenvalue weighted by molar-refractivity contribution is 6.10. The third-order valence-electron chi connectivity index (χ3n) is 16.3. The minimum atomic E-state index is 0.447. The molecule has 0 unspecified atom stereocenters. The van der Waals surface area contributed by atoms with Crippen LogP contribution in [0.15, 0.2) is 304 Å². The summed E-state index contributed by atoms with van der Waals surface area (Å²) in [5.41, 5.74) is 21.6. The van der Waals surface area contributed by atoms with Gasteiger partial charge in [0.25, 0.3) is 0 Å². The van der Waals surface area contributed by atoms with Gasteiger partial charge in [-0.25, -0.2) is 19.9 Å². The van der Waals surface area contributed by atoms with Crippen LogP contribution in [0, 0.1) is 0 Å². The summed E-state index contributed by atoms with van der Waals surface area (Å²) >= 11 is 0. The third kappa shape index (κ3) is 9.15. The zero-order chi connectivity index (χ0) is 56.9. The van der Waals surface area contributed by atoms with Crippen LogP contribution < -0.4 is 0 Å². The molecule has 86 heavy (non-hydrogen) atoms. The van der Waals surface area contributed by atoms with Crippen LogP contribution in [0.3, 0.4) is 0 Å². The lowest BCUT2D eigenvalue weighted by Crippen LogP contribution is -2.02. The van der Waals surface area contributed by atoms with Crippen molar-refractivity contribution >= 4 is 43.6 Å². The number of para-hydroxylation sites is 4. The van der Waals surface area contributed by atoms with Crippen molar-refractivity contribution in [3.8, 4) is 113 Å². The molecule has 0 aliphatic rings. The van der Waals surface area contributed by atoms with Crippen LogP contribution in [0.5, 0.6) is 0 Å². The van der Waals surface area contributed by atoms with E-state index in [-0.39, 0.29) is 0 Å². The van der Waals surface area contributed by atoms with Gasteiger partial charge in [0.05, 0.1) is 33.5 Å². The predicted molar refractivity (Wildman–Crippen MR) is 351 cm³/mol. The maximum absolute atomic E-state index is 5.31. The second-order valence-corrected chi connectivity index (χ2v) is 21.5. The van der Waals surface area contributed by atoms with E-state index in [0.717, 1.165) is 84.0 Å². The lowest BCUT2D eigenvalue weighted by atomic mass is 9.96. The highest BCUT2D eigenvalue weighted by Crippen LogP contribution is 2.38. The Bertz CT molecular complexity index is 4750. The van der Waals surface area contributed by atoms with Gasteiger partial charge in [-0.2, -0.15) is 0 Å². The summed E-state index contributed by atoms with van der Waals surface area (Å²) in [6.45, 7) is 0. The summed E-state index contributed by atoms with van der Waals surface area (Å²) in [4.78, 5) is 29.9. The van der Waals surface area contributed by atoms with Crippen LogP contribution in [-0.4, -0.2) is 39.0 Å². The molecule has 6 heterocycles. The maximum atomic E-state index is 5.31. The van der Waals surface area contributed by atoms with Gasteiger partial charge >= 0.3 is 0 Å². The molecule has 10 aromatic carbocycles. The SMILES string of the molecule is c1ccc(-c2cc(-c3ccc(-c4ccc(-n5c6ccccc6c6ccccc65)cc4)cc3)cc(-c3cccc(-c4ccnc(-c5nc(-c6ccc(-c7ccc(-n8c9ccccc9c9ccccc98)cc7)cc6)nc(-c6ccccn6)n5)c4)c3)n2)cc1. The van der Waals surface area contributed by atoms with Gasteiger partial charge in [0.2, 0.25) is 0 Å². The summed E-state index contributed by atoms with van der Waals surface area (Å²) in [6.07, 6.45) is 3.57. The number of hydrogen-bond acceptors (Lipinski definition) is 6. The Hall–Kier alpha value is -11.7. The molecule has 0 amide bonds. The highest BCUT2D eigenvalue weighted by atomic mass is 15.1. The molecule has 0 saturated carbocycles. The summed E-state index contributed by atoms with van der Waals surface area (Å²) in [7, 11) is 0. The van der Waals surface area contributed by atoms with E-state index in [0.29, 0.717) is 28.9 Å². The average molecular weight is 1100 g/mol. The molecule has 0 saturated heterocycles. The molecule has 0 bridgehead atoms. The van der Waals surface area contributed by atoms with Crippen LogP contribution >= 0.6 is 0 Å². The van der Waals surface area contributed by atoms with Crippen LogP contribution in [-0.2, 0) is 0 Å². The zero-order valence-corrected chi connectivity index (χ0v) is 46.4. The predicted octanol–water partition coefficient (Wildman–Crippen LogP) is 19.3. The molecule has 6 aromatic heterocycles. The van der Waals surface area contributed by atoms with E-state index >= 15 is 0 Å². The monoisotopic (exact) mass is 1100 g/mol. The number of pyridine rings is 3. The van der Waals surface area contributed by atoms with Crippen molar-refractivity contribution in [3.63, 3.8) is 0 Å². The normalized spacial score (nSPS) is 11.5. The molecule has 16 rings (SSSR count). The molecular weight excluding hydrogens is 1050 g/mol. The summed E-state index contributed by atoms with van der Waals surface area (Å²) in [6, 6.07) is 102. The van der Waals surface area contributed by atoms with Gasteiger partial charge < -0.3 is 9.13 Å². The molecule has 8 heteroatoms. The zero-order valence-electron chi connectivity index (χ0n) is 46.4. The lowest BCUT2D eigenvalue weighted by molar-refractivity contribution is 1.05. The van der Waals surface area contributed by atoms with Gasteiger partial charge in [0, 0.05) is 62.0 Å². The van der Waals surface area contributed by atoms with Gasteiger partial charge in [0.1, 0.15) is 11.4 Å². The largest absolute Gasteiger partial charge is 0.309 e. The number of fused-ring (bicyclic) bond motifs is 6. The van der Waals surface area contributed by atoms with Crippen molar-refractivity contribution in [2.75, 3.05) is 0 Å². The first-order chi connectivity index (χ1) is 42.6. The van der Waals surface area contributed by atoms with Gasteiger partial charge in [0.15, 0.2) is 17.5 Å². The number of rotatable bonds is 11. The summed E-state index contributed by atoms with van der Waals surface area (Å²) < 4.78 is 4.69. The average Bonchev–Trinajstić information content (AvgIpc) is 3.10. The fraction of sp³-hybridized carbons (Fsp3) is 0. The molecule has 0 N–H and O–H groups in total. The maximum Gasteiger partial charge on any atom is 0.182 e. The molecule has 8 nitrogen and oxygen atoms in total. The number of hydrogen-bond donors (Lipinski definition) is 0. The quantitative estimate of drug-likeness (QED) is 0.128. The Kier molecular flexibility index (Phi) is 12.3. The van der Waals surface area contributed by atoms with Crippen molar-refractivity contribution in [2.24, 2.45) is 0 Å². The van der Waals surface area contributed by atoms with Crippen LogP contribution in [0.25, 0.3) is 156 Å². The van der Waals surface area contributed by atoms with Crippen LogP contribution in [0.4, 0.5) is 0 Å². The number of benzene rings is 10. The lowest BCUT2D eigenvalue weighted by Gasteiger charge is -2.13. The standard InChI is InChI=1S/C78H50N8/c1-2-15-56(16-3-1)69-49-61(55-30-28-51(29-31-55)53-36-40-62(41-37-53)85-72-24-8-4-19-64(72)65-20-5-9-25-73(65)85)50-70(81-69)60-18-14-17-58(47-60)59-44-46-80-71(48-59)78-83-76(82-77(84-78)68-23-12-13-45-79-68)57-34-32-52(33-35-57)54-38-42-63(43-39-54)86-74-26-10-6-21-66(74)67-22-7-11-27-75(67)86/h1-50H. The van der Waals surface area contributed by atoms with Gasteiger partial charge in [-0.3, -0.25) is 9.97 Å². The van der Waals surface area contributed by atoms with Crippen LogP contribution in [0.1, 0.15) is 0 Å². The minimum Gasteiger partial charge on any atom is -0.309 e. The van der Waals surface area contributed by atoms with E-state index in [2.05, 4.69) is 269 Å². The van der Waals surface area contributed by atoms with Crippen molar-refractivity contribution in [1.29, 1.82) is 0 Å². The second-order valence-electron chi connectivity index (χ2n) is 21.5. The minimum absolute atomic E-state index is 0.447. The molecule has 0 spiro atoms. The summed E-state index contributed by atoms with van der Waals surface area (Å²) in [5, 5.41) is 5.00. The van der Waals surface area contributed by atoms with Crippen molar-refractivity contribution in [2.45, 2.75) is 0 Å². The molecular formula is C78H50N8. The first-order valence-electron chi connectivity index (χ1n) is 28.8. The van der Waals surface area contributed by atoms with Crippen molar-refractivity contribution < 1.29 is 0 Å². The van der Waals surface area contributed by atoms with E-state index in [9.17, 15) is 0 Å². The first-order valence-corrected chi connectivity index (χ1v) is 28.8. The Morgan fingerprint density at radius 2 is 0.581 bits per heavy atom. The molecule has 402 valence electrons. The Balaban J connectivity index is 0.694. The van der Waals surface area contributed by atoms with E-state index in [4.69, 9.17) is 24.9 Å². The van der Waals surface area contributed by atoms with Crippen molar-refractivity contribution in [3.05, 3.63) is 304 Å². The van der Waals surface area contributed by atoms with Gasteiger partial charge in [-0.15, -0.1) is 0 Å². The molecule has 0 fully saturated rings. The van der Waals surface area contributed by atoms with Gasteiger partial charge in [-0.1, -0.05) is 200 Å². The molecule has 0 radical (unpaired) electrons. The number of nitrogens with zero attached hydrogens (tertiary/aromatic N) is 8. The Morgan fingerprint density at radius 3 is 1.10 bits per heavy atom. The van der Waals surface area contributed by atoms with E-state index in [1.165, 1.54) is 43.6 Å². The van der Waals surface area contributed by atoms with E-state index < -0.39 is 0 Å². The molecule has 0 aliphatic carbocycles. The fourth-order valence-electron chi connectivity index (χ4n) is 12.1. The second kappa shape index (κ2) is 21.2. The molecule has 16 aromatic rings. The van der Waals surface area contributed by atoms with Crippen LogP contribution in [0.2, 0.25) is 0 Å². The van der Waals surface area contributed by atoms with E-state index in [1.54, 1.807) is 6.20 Å². The van der Waals surface area contributed by atoms with Crippen molar-refractivity contribution in [1.82, 2.24) is 39.0 Å². The van der Waals surface area contributed by atoms with E-state index in [1.807, 2.05) is 42.6 Å². The smallest absolute Gasteiger partial charge is 0.182 e. The number of aromatic nitrogens is 8. The molecule has 0 atom stereocenters. The first kappa shape index (κ1) is 50.0. The Morgan fingerprint density at radius 1 is 0.198 bits per heavy atom.